The molecule has 80 valence electrons. The maximum Gasteiger partial charge on any atom is 0.353 e. The molecule has 0 aliphatic carbocycles. The molecule has 15 heavy (non-hydrogen) atoms. The molecule has 1 saturated heterocycles. The third-order valence-electron chi connectivity index (χ3n) is 2.08. The summed E-state index contributed by atoms with van der Waals surface area (Å²) in [4.78, 5) is 15.2. The zero-order valence-electron chi connectivity index (χ0n) is 8.00. The standard InChI is InChI=1S/C9H11N2O3S/c1-6-2-3-11(9(13)10-6)7-5-14-8(4-12)15-7/h2-3,7-8,12H,1,4-5H2/q+1. The first-order chi connectivity index (χ1) is 7.20. The Balaban J connectivity index is 2.20. The van der Waals surface area contributed by atoms with Crippen molar-refractivity contribution in [2.75, 3.05) is 13.2 Å². The van der Waals surface area contributed by atoms with Crippen LogP contribution in [0.4, 0.5) is 0 Å². The zero-order valence-corrected chi connectivity index (χ0v) is 8.81. The molecule has 1 aromatic heterocycles. The second-order valence-electron chi connectivity index (χ2n) is 3.14. The quantitative estimate of drug-likeness (QED) is 0.721. The number of thioether (sulfide) groups is 1. The molecule has 2 heterocycles. The number of rotatable bonds is 2. The molecule has 1 fully saturated rings. The van der Waals surface area contributed by atoms with Crippen LogP contribution in [0, 0.1) is 6.92 Å². The van der Waals surface area contributed by atoms with Crippen molar-refractivity contribution in [2.45, 2.75) is 10.8 Å². The van der Waals surface area contributed by atoms with Crippen LogP contribution < -0.4 is 5.69 Å². The smallest absolute Gasteiger partial charge is 0.353 e. The van der Waals surface area contributed by atoms with Crippen molar-refractivity contribution >= 4 is 11.8 Å². The minimum absolute atomic E-state index is 0.0449. The molecular formula is C9H11N2O3S+. The summed E-state index contributed by atoms with van der Waals surface area (Å²) >= 11 is 1.41. The van der Waals surface area contributed by atoms with Gasteiger partial charge in [-0.3, -0.25) is 4.57 Å². The molecular weight excluding hydrogens is 216 g/mol. The van der Waals surface area contributed by atoms with Crippen molar-refractivity contribution in [1.29, 1.82) is 0 Å². The fraction of sp³-hybridized carbons (Fsp3) is 0.444. The van der Waals surface area contributed by atoms with Crippen molar-refractivity contribution in [3.05, 3.63) is 35.4 Å². The van der Waals surface area contributed by atoms with Gasteiger partial charge in [-0.25, -0.2) is 4.79 Å². The average Bonchev–Trinajstić information content (AvgIpc) is 2.66. The van der Waals surface area contributed by atoms with Crippen LogP contribution in [-0.2, 0) is 4.74 Å². The summed E-state index contributed by atoms with van der Waals surface area (Å²) in [7, 11) is 0. The van der Waals surface area contributed by atoms with Gasteiger partial charge in [0, 0.05) is 0 Å². The predicted molar refractivity (Wildman–Crippen MR) is 56.4 cm³/mol. The van der Waals surface area contributed by atoms with Gasteiger partial charge in [-0.2, -0.15) is 4.98 Å². The van der Waals surface area contributed by atoms with Crippen molar-refractivity contribution in [2.24, 2.45) is 0 Å². The van der Waals surface area contributed by atoms with Gasteiger partial charge in [-0.1, -0.05) is 0 Å². The van der Waals surface area contributed by atoms with Crippen LogP contribution in [0.25, 0.3) is 0 Å². The number of hydrogen-bond acceptors (Lipinski definition) is 5. The van der Waals surface area contributed by atoms with Crippen LogP contribution in [0.1, 0.15) is 11.1 Å². The van der Waals surface area contributed by atoms with Gasteiger partial charge in [0.25, 0.3) is 0 Å². The summed E-state index contributed by atoms with van der Waals surface area (Å²) in [6, 6.07) is 1.67. The monoisotopic (exact) mass is 227 g/mol. The van der Waals surface area contributed by atoms with Crippen LogP contribution in [0.2, 0.25) is 0 Å². The molecule has 0 aromatic carbocycles. The minimum atomic E-state index is -0.331. The highest BCUT2D eigenvalue weighted by Gasteiger charge is 2.28. The highest BCUT2D eigenvalue weighted by molar-refractivity contribution is 8.00. The number of aromatic nitrogens is 2. The van der Waals surface area contributed by atoms with E-state index in [1.54, 1.807) is 12.3 Å². The Bertz CT molecular complexity index is 407. The average molecular weight is 227 g/mol. The van der Waals surface area contributed by atoms with E-state index in [-0.39, 0.29) is 23.1 Å². The van der Waals surface area contributed by atoms with Gasteiger partial charge >= 0.3 is 5.69 Å². The Labute approximate surface area is 91.1 Å². The Morgan fingerprint density at radius 1 is 1.80 bits per heavy atom. The summed E-state index contributed by atoms with van der Waals surface area (Å²) in [6.45, 7) is 3.94. The summed E-state index contributed by atoms with van der Waals surface area (Å²) in [5, 5.41) is 8.78. The molecule has 0 amide bonds. The van der Waals surface area contributed by atoms with Gasteiger partial charge in [-0.15, -0.1) is 11.8 Å². The lowest BCUT2D eigenvalue weighted by Gasteiger charge is -2.08. The predicted octanol–water partition coefficient (Wildman–Crippen LogP) is 0.00589. The first-order valence-corrected chi connectivity index (χ1v) is 5.44. The SMILES string of the molecule is [CH2+]c1ccn(C2COC(CO)S2)c(=O)n1. The molecule has 1 aliphatic heterocycles. The molecule has 5 nitrogen and oxygen atoms in total. The third kappa shape index (κ3) is 2.17. The molecule has 0 bridgehead atoms. The van der Waals surface area contributed by atoms with Crippen molar-refractivity contribution in [1.82, 2.24) is 9.55 Å². The van der Waals surface area contributed by atoms with Crippen molar-refractivity contribution in [3.63, 3.8) is 0 Å². The zero-order chi connectivity index (χ0) is 10.8. The lowest BCUT2D eigenvalue weighted by Crippen LogP contribution is -2.25. The van der Waals surface area contributed by atoms with Gasteiger partial charge in [0.1, 0.15) is 16.9 Å². The van der Waals surface area contributed by atoms with Crippen LogP contribution in [0.15, 0.2) is 17.1 Å². The first-order valence-electron chi connectivity index (χ1n) is 4.50. The van der Waals surface area contributed by atoms with E-state index in [0.29, 0.717) is 12.3 Å². The van der Waals surface area contributed by atoms with E-state index in [9.17, 15) is 4.79 Å². The number of hydrogen-bond donors (Lipinski definition) is 1. The highest BCUT2D eigenvalue weighted by atomic mass is 32.2. The largest absolute Gasteiger partial charge is 0.393 e. The normalized spacial score (nSPS) is 25.7. The second kappa shape index (κ2) is 4.26. The van der Waals surface area contributed by atoms with E-state index in [0.717, 1.165) is 0 Å². The highest BCUT2D eigenvalue weighted by Crippen LogP contribution is 2.33. The maximum absolute atomic E-state index is 11.5. The molecule has 0 saturated carbocycles. The van der Waals surface area contributed by atoms with E-state index in [1.807, 2.05) is 0 Å². The van der Waals surface area contributed by atoms with Crippen LogP contribution in [-0.4, -0.2) is 33.3 Å². The molecule has 2 atom stereocenters. The van der Waals surface area contributed by atoms with Crippen LogP contribution in [0.5, 0.6) is 0 Å². The van der Waals surface area contributed by atoms with Crippen LogP contribution in [0.3, 0.4) is 0 Å². The first kappa shape index (κ1) is 10.5. The van der Waals surface area contributed by atoms with Gasteiger partial charge < -0.3 is 9.84 Å². The minimum Gasteiger partial charge on any atom is -0.393 e. The van der Waals surface area contributed by atoms with E-state index in [2.05, 4.69) is 11.9 Å². The summed E-state index contributed by atoms with van der Waals surface area (Å²) in [5.41, 5.74) is -0.123. The third-order valence-corrected chi connectivity index (χ3v) is 3.35. The van der Waals surface area contributed by atoms with Gasteiger partial charge in [-0.05, 0) is 0 Å². The summed E-state index contributed by atoms with van der Waals surface area (Å²) < 4.78 is 6.76. The van der Waals surface area contributed by atoms with Gasteiger partial charge in [0.15, 0.2) is 0 Å². The topological polar surface area (TPSA) is 64.3 Å². The van der Waals surface area contributed by atoms with Crippen molar-refractivity contribution < 1.29 is 9.84 Å². The molecule has 2 unspecified atom stereocenters. The molecule has 1 N–H and O–H groups in total. The lowest BCUT2D eigenvalue weighted by molar-refractivity contribution is 0.0803. The fourth-order valence-electron chi connectivity index (χ4n) is 1.35. The van der Waals surface area contributed by atoms with Crippen molar-refractivity contribution in [3.8, 4) is 0 Å². The summed E-state index contributed by atoms with van der Waals surface area (Å²) in [5.74, 6) is 0. The maximum atomic E-state index is 11.5. The van der Waals surface area contributed by atoms with Crippen LogP contribution >= 0.6 is 11.8 Å². The molecule has 2 rings (SSSR count). The Hall–Kier alpha value is -0.980. The molecule has 0 radical (unpaired) electrons. The number of aliphatic hydroxyl groups excluding tert-OH is 1. The molecule has 0 spiro atoms. The number of ether oxygens (including phenoxy) is 1. The number of aliphatic hydroxyl groups is 1. The Morgan fingerprint density at radius 3 is 3.20 bits per heavy atom. The lowest BCUT2D eigenvalue weighted by atomic mass is 10.4. The second-order valence-corrected chi connectivity index (χ2v) is 4.49. The molecule has 1 aromatic rings. The van der Waals surface area contributed by atoms with E-state index >= 15 is 0 Å². The fourth-order valence-corrected chi connectivity index (χ4v) is 2.39. The van der Waals surface area contributed by atoms with Gasteiger partial charge in [0.05, 0.1) is 26.3 Å². The van der Waals surface area contributed by atoms with E-state index in [1.165, 1.54) is 16.3 Å². The van der Waals surface area contributed by atoms with Gasteiger partial charge in [0.2, 0.25) is 5.69 Å². The molecule has 6 heteroatoms. The number of nitrogens with zero attached hydrogens (tertiary/aromatic N) is 2. The van der Waals surface area contributed by atoms with E-state index in [4.69, 9.17) is 9.84 Å². The molecule has 1 aliphatic rings. The Kier molecular flexibility index (Phi) is 2.99. The Morgan fingerprint density at radius 2 is 2.60 bits per heavy atom. The van der Waals surface area contributed by atoms with E-state index < -0.39 is 0 Å². The summed E-state index contributed by atoms with van der Waals surface area (Å²) in [6.07, 6.45) is 1.65.